The summed E-state index contributed by atoms with van der Waals surface area (Å²) in [6.07, 6.45) is 4.08. The van der Waals surface area contributed by atoms with Crippen molar-refractivity contribution in [1.82, 2.24) is 9.78 Å². The van der Waals surface area contributed by atoms with Crippen LogP contribution in [0.15, 0.2) is 12.4 Å². The number of carbonyl (C=O) groups excluding carboxylic acids is 2. The lowest BCUT2D eigenvalue weighted by atomic mass is 10.3. The van der Waals surface area contributed by atoms with Crippen LogP contribution in [0.2, 0.25) is 0 Å². The van der Waals surface area contributed by atoms with Crippen LogP contribution in [0.1, 0.15) is 13.3 Å². The molecule has 0 aliphatic heterocycles. The number of ether oxygens (including phenoxy) is 1. The van der Waals surface area contributed by atoms with Crippen molar-refractivity contribution >= 4 is 17.6 Å². The fourth-order valence-electron chi connectivity index (χ4n) is 1.63. The lowest BCUT2D eigenvalue weighted by Crippen LogP contribution is -2.14. The van der Waals surface area contributed by atoms with Crippen molar-refractivity contribution in [3.8, 4) is 0 Å². The highest BCUT2D eigenvalue weighted by Gasteiger charge is 2.39. The minimum Gasteiger partial charge on any atom is -0.468 e. The first kappa shape index (κ1) is 11.6. The molecule has 0 spiro atoms. The molecule has 1 heterocycles. The predicted octanol–water partition coefficient (Wildman–Crippen LogP) is 0.651. The number of nitrogens with one attached hydrogen (secondary N) is 1. The maximum Gasteiger partial charge on any atom is 0.327 e. The summed E-state index contributed by atoms with van der Waals surface area (Å²) < 4.78 is 5.95. The van der Waals surface area contributed by atoms with Gasteiger partial charge in [0.15, 0.2) is 0 Å². The number of hydrogen-bond donors (Lipinski definition) is 1. The Morgan fingerprint density at radius 3 is 2.94 bits per heavy atom. The highest BCUT2D eigenvalue weighted by atomic mass is 16.5. The third-order valence-electron chi connectivity index (χ3n) is 2.87. The van der Waals surface area contributed by atoms with Crippen LogP contribution in [0.25, 0.3) is 0 Å². The van der Waals surface area contributed by atoms with Crippen molar-refractivity contribution in [1.29, 1.82) is 0 Å². The molecule has 6 heteroatoms. The number of carbonyl (C=O) groups is 2. The molecule has 1 amide bonds. The Labute approximate surface area is 98.9 Å². The molecule has 1 N–H and O–H groups in total. The van der Waals surface area contributed by atoms with Gasteiger partial charge in [-0.2, -0.15) is 5.10 Å². The van der Waals surface area contributed by atoms with E-state index in [1.165, 1.54) is 18.0 Å². The number of aromatic nitrogens is 2. The number of hydrogen-bond acceptors (Lipinski definition) is 4. The smallest absolute Gasteiger partial charge is 0.327 e. The van der Waals surface area contributed by atoms with E-state index >= 15 is 0 Å². The Bertz CT molecular complexity index is 441. The van der Waals surface area contributed by atoms with Crippen molar-refractivity contribution in [2.75, 3.05) is 12.4 Å². The van der Waals surface area contributed by atoms with Gasteiger partial charge in [0.2, 0.25) is 5.91 Å². The lowest BCUT2D eigenvalue weighted by Gasteiger charge is -2.00. The Hall–Kier alpha value is -1.85. The molecule has 2 rings (SSSR count). The summed E-state index contributed by atoms with van der Waals surface area (Å²) >= 11 is 0. The van der Waals surface area contributed by atoms with Crippen molar-refractivity contribution in [2.45, 2.75) is 19.9 Å². The van der Waals surface area contributed by atoms with E-state index in [-0.39, 0.29) is 24.3 Å². The summed E-state index contributed by atoms with van der Waals surface area (Å²) in [6, 6.07) is 0. The van der Waals surface area contributed by atoms with Gasteiger partial charge in [-0.3, -0.25) is 14.3 Å². The molecule has 1 saturated carbocycles. The maximum atomic E-state index is 11.6. The molecule has 92 valence electrons. The van der Waals surface area contributed by atoms with E-state index in [0.717, 1.165) is 6.42 Å². The van der Waals surface area contributed by atoms with E-state index in [2.05, 4.69) is 15.2 Å². The normalized spacial score (nSPS) is 22.0. The average molecular weight is 237 g/mol. The largest absolute Gasteiger partial charge is 0.468 e. The third kappa shape index (κ3) is 2.83. The van der Waals surface area contributed by atoms with Crippen molar-refractivity contribution in [3.63, 3.8) is 0 Å². The van der Waals surface area contributed by atoms with E-state index in [1.807, 2.05) is 6.92 Å². The average Bonchev–Trinajstić information content (AvgIpc) is 2.87. The van der Waals surface area contributed by atoms with Gasteiger partial charge >= 0.3 is 5.97 Å². The zero-order valence-electron chi connectivity index (χ0n) is 9.84. The number of anilines is 1. The highest BCUT2D eigenvalue weighted by molar-refractivity contribution is 5.94. The van der Waals surface area contributed by atoms with Gasteiger partial charge in [0.25, 0.3) is 0 Å². The highest BCUT2D eigenvalue weighted by Crippen LogP contribution is 2.38. The van der Waals surface area contributed by atoms with Crippen molar-refractivity contribution in [3.05, 3.63) is 12.4 Å². The molecule has 0 saturated heterocycles. The second-order valence-corrected chi connectivity index (χ2v) is 4.31. The van der Waals surface area contributed by atoms with E-state index in [1.54, 1.807) is 6.20 Å². The van der Waals surface area contributed by atoms with Crippen LogP contribution in [0.4, 0.5) is 5.69 Å². The van der Waals surface area contributed by atoms with Crippen molar-refractivity contribution < 1.29 is 14.3 Å². The zero-order valence-corrected chi connectivity index (χ0v) is 9.84. The minimum absolute atomic E-state index is 0.0233. The Kier molecular flexibility index (Phi) is 3.12. The Morgan fingerprint density at radius 2 is 2.35 bits per heavy atom. The van der Waals surface area contributed by atoms with E-state index in [0.29, 0.717) is 11.6 Å². The third-order valence-corrected chi connectivity index (χ3v) is 2.87. The summed E-state index contributed by atoms with van der Waals surface area (Å²) in [7, 11) is 1.32. The molecule has 17 heavy (non-hydrogen) atoms. The SMILES string of the molecule is COC(=O)Cn1cc(NC(=O)C2CC2C)cn1. The maximum absolute atomic E-state index is 11.6. The summed E-state index contributed by atoms with van der Waals surface area (Å²) in [5.41, 5.74) is 0.609. The first-order valence-electron chi connectivity index (χ1n) is 5.50. The molecule has 0 aromatic carbocycles. The molecule has 1 aromatic heterocycles. The minimum atomic E-state index is -0.373. The van der Waals surface area contributed by atoms with E-state index in [9.17, 15) is 9.59 Å². The van der Waals surface area contributed by atoms with Gasteiger partial charge in [0.05, 0.1) is 19.0 Å². The molecule has 6 nitrogen and oxygen atoms in total. The van der Waals surface area contributed by atoms with E-state index in [4.69, 9.17) is 0 Å². The van der Waals surface area contributed by atoms with Crippen LogP contribution >= 0.6 is 0 Å². The quantitative estimate of drug-likeness (QED) is 0.780. The van der Waals surface area contributed by atoms with Crippen LogP contribution in [0.3, 0.4) is 0 Å². The van der Waals surface area contributed by atoms with Gasteiger partial charge in [-0.05, 0) is 12.3 Å². The van der Waals surface area contributed by atoms with Gasteiger partial charge in [-0.15, -0.1) is 0 Å². The zero-order chi connectivity index (χ0) is 12.4. The Balaban J connectivity index is 1.89. The number of amides is 1. The van der Waals surface area contributed by atoms with Crippen LogP contribution in [0.5, 0.6) is 0 Å². The van der Waals surface area contributed by atoms with Gasteiger partial charge in [0.1, 0.15) is 6.54 Å². The predicted molar refractivity (Wildman–Crippen MR) is 60.1 cm³/mol. The molecule has 1 fully saturated rings. The standard InChI is InChI=1S/C11H15N3O3/c1-7-3-9(7)11(16)13-8-4-12-14(5-8)6-10(15)17-2/h4-5,7,9H,3,6H2,1-2H3,(H,13,16). The molecule has 1 aliphatic rings. The molecule has 1 aliphatic carbocycles. The number of methoxy groups -OCH3 is 1. The molecule has 1 aromatic rings. The fraction of sp³-hybridized carbons (Fsp3) is 0.545. The summed E-state index contributed by atoms with van der Waals surface area (Å²) in [5.74, 6) is 0.246. The first-order valence-corrected chi connectivity index (χ1v) is 5.50. The van der Waals surface area contributed by atoms with Gasteiger partial charge in [-0.25, -0.2) is 0 Å². The Morgan fingerprint density at radius 1 is 1.65 bits per heavy atom. The van der Waals surface area contributed by atoms with Crippen LogP contribution in [0, 0.1) is 11.8 Å². The van der Waals surface area contributed by atoms with Crippen molar-refractivity contribution in [2.24, 2.45) is 11.8 Å². The number of esters is 1. The molecule has 2 unspecified atom stereocenters. The summed E-state index contributed by atoms with van der Waals surface area (Å²) in [5, 5.41) is 6.73. The van der Waals surface area contributed by atoms with Gasteiger partial charge < -0.3 is 10.1 Å². The monoisotopic (exact) mass is 237 g/mol. The number of nitrogens with zero attached hydrogens (tertiary/aromatic N) is 2. The molecular formula is C11H15N3O3. The van der Waals surface area contributed by atoms with Gasteiger partial charge in [0, 0.05) is 12.1 Å². The topological polar surface area (TPSA) is 73.2 Å². The van der Waals surface area contributed by atoms with Crippen LogP contribution < -0.4 is 5.32 Å². The molecule has 0 bridgehead atoms. The summed E-state index contributed by atoms with van der Waals surface area (Å²) in [4.78, 5) is 22.6. The summed E-state index contributed by atoms with van der Waals surface area (Å²) in [6.45, 7) is 2.09. The molecule has 0 radical (unpaired) electrons. The fourth-order valence-corrected chi connectivity index (χ4v) is 1.63. The second-order valence-electron chi connectivity index (χ2n) is 4.31. The first-order chi connectivity index (χ1) is 8.10. The van der Waals surface area contributed by atoms with Gasteiger partial charge in [-0.1, -0.05) is 6.92 Å². The number of rotatable bonds is 4. The molecular weight excluding hydrogens is 222 g/mol. The molecule has 2 atom stereocenters. The van der Waals surface area contributed by atoms with Crippen LogP contribution in [-0.2, 0) is 20.9 Å². The second kappa shape index (κ2) is 4.57. The van der Waals surface area contributed by atoms with Crippen LogP contribution in [-0.4, -0.2) is 28.8 Å². The van der Waals surface area contributed by atoms with E-state index < -0.39 is 0 Å². The lowest BCUT2D eigenvalue weighted by molar-refractivity contribution is -0.141.